The average Bonchev–Trinajstić information content (AvgIpc) is 2.56. The minimum Gasteiger partial charge on any atom is -0.384 e. The second kappa shape index (κ2) is 5.54. The van der Waals surface area contributed by atoms with Gasteiger partial charge >= 0.3 is 0 Å². The number of pyridine rings is 1. The van der Waals surface area contributed by atoms with E-state index in [0.29, 0.717) is 30.5 Å². The summed E-state index contributed by atoms with van der Waals surface area (Å²) < 4.78 is 5.50. The molecule has 1 aromatic heterocycles. The molecule has 1 aromatic rings. The van der Waals surface area contributed by atoms with Crippen molar-refractivity contribution < 1.29 is 9.53 Å². The van der Waals surface area contributed by atoms with Gasteiger partial charge in [0.2, 0.25) is 0 Å². The number of hydrogen-bond acceptors (Lipinski definition) is 4. The molecule has 5 nitrogen and oxygen atoms in total. The quantitative estimate of drug-likeness (QED) is 0.840. The van der Waals surface area contributed by atoms with E-state index in [9.17, 15) is 4.79 Å². The number of carbonyl (C=O) groups excluding carboxylic acids is 1. The molecule has 2 rings (SSSR count). The Balaban J connectivity index is 2.21. The molecule has 1 atom stereocenters. The summed E-state index contributed by atoms with van der Waals surface area (Å²) >= 11 is 5.99. The van der Waals surface area contributed by atoms with Crippen LogP contribution < -0.4 is 5.73 Å². The molecule has 1 saturated heterocycles. The normalized spacial score (nSPS) is 20.6. The zero-order valence-corrected chi connectivity index (χ0v) is 11.0. The number of ether oxygens (including phenoxy) is 1. The highest BCUT2D eigenvalue weighted by molar-refractivity contribution is 6.33. The van der Waals surface area contributed by atoms with Crippen LogP contribution in [-0.2, 0) is 4.74 Å². The minimum atomic E-state index is -0.190. The van der Waals surface area contributed by atoms with Gasteiger partial charge in [-0.2, -0.15) is 0 Å². The lowest BCUT2D eigenvalue weighted by molar-refractivity contribution is 0.0559. The van der Waals surface area contributed by atoms with Crippen molar-refractivity contribution in [2.45, 2.75) is 19.4 Å². The molecule has 1 amide bonds. The van der Waals surface area contributed by atoms with Crippen LogP contribution in [0.2, 0.25) is 5.02 Å². The van der Waals surface area contributed by atoms with Gasteiger partial charge in [-0.25, -0.2) is 4.98 Å². The number of nitrogen functional groups attached to an aromatic ring is 1. The van der Waals surface area contributed by atoms with Crippen LogP contribution in [0, 0.1) is 0 Å². The minimum absolute atomic E-state index is 0.0243. The van der Waals surface area contributed by atoms with Gasteiger partial charge in [-0.1, -0.05) is 11.6 Å². The van der Waals surface area contributed by atoms with Crippen LogP contribution in [0.1, 0.15) is 23.8 Å². The van der Waals surface area contributed by atoms with Crippen molar-refractivity contribution in [2.24, 2.45) is 0 Å². The van der Waals surface area contributed by atoms with Crippen molar-refractivity contribution >= 4 is 23.3 Å². The van der Waals surface area contributed by atoms with Crippen molar-refractivity contribution in [2.75, 3.05) is 25.4 Å². The number of nitrogens with zero attached hydrogens (tertiary/aromatic N) is 2. The molecule has 1 aliphatic rings. The number of amides is 1. The lowest BCUT2D eigenvalue weighted by Crippen LogP contribution is -2.36. The predicted octanol–water partition coefficient (Wildman–Crippen LogP) is 1.57. The maximum atomic E-state index is 12.3. The molecule has 2 N–H and O–H groups in total. The smallest absolute Gasteiger partial charge is 0.274 e. The van der Waals surface area contributed by atoms with E-state index in [1.165, 1.54) is 0 Å². The molecule has 0 radical (unpaired) electrons. The zero-order chi connectivity index (χ0) is 13.1. The molecule has 18 heavy (non-hydrogen) atoms. The lowest BCUT2D eigenvalue weighted by atomic mass is 10.2. The molecular weight excluding hydrogens is 254 g/mol. The summed E-state index contributed by atoms with van der Waals surface area (Å²) in [7, 11) is 0. The summed E-state index contributed by atoms with van der Waals surface area (Å²) in [6.45, 7) is 3.81. The van der Waals surface area contributed by atoms with E-state index in [-0.39, 0.29) is 17.7 Å². The first kappa shape index (κ1) is 13.1. The maximum absolute atomic E-state index is 12.3. The van der Waals surface area contributed by atoms with E-state index in [1.54, 1.807) is 17.0 Å². The number of carbonyl (C=O) groups is 1. The first-order chi connectivity index (χ1) is 8.58. The number of aromatic nitrogens is 1. The third kappa shape index (κ3) is 2.91. The molecule has 98 valence electrons. The van der Waals surface area contributed by atoms with E-state index in [4.69, 9.17) is 22.1 Å². The fourth-order valence-electron chi connectivity index (χ4n) is 1.94. The van der Waals surface area contributed by atoms with Gasteiger partial charge in [0.25, 0.3) is 5.91 Å². The monoisotopic (exact) mass is 269 g/mol. The molecular formula is C12H16ClN3O2. The van der Waals surface area contributed by atoms with Gasteiger partial charge in [0, 0.05) is 19.7 Å². The fraction of sp³-hybridized carbons (Fsp3) is 0.500. The van der Waals surface area contributed by atoms with E-state index in [2.05, 4.69) is 4.98 Å². The van der Waals surface area contributed by atoms with Crippen molar-refractivity contribution in [3.63, 3.8) is 0 Å². The van der Waals surface area contributed by atoms with E-state index >= 15 is 0 Å². The Morgan fingerprint density at radius 1 is 1.61 bits per heavy atom. The van der Waals surface area contributed by atoms with Crippen LogP contribution in [0.3, 0.4) is 0 Å². The van der Waals surface area contributed by atoms with Gasteiger partial charge in [-0.15, -0.1) is 0 Å². The Kier molecular flexibility index (Phi) is 4.04. The summed E-state index contributed by atoms with van der Waals surface area (Å²) in [5, 5.41) is 0.326. The predicted molar refractivity (Wildman–Crippen MR) is 69.6 cm³/mol. The SMILES string of the molecule is CC1CN(C(=O)c2nc(N)ccc2Cl)CCCO1. The van der Waals surface area contributed by atoms with Crippen molar-refractivity contribution in [1.82, 2.24) is 9.88 Å². The third-order valence-electron chi connectivity index (χ3n) is 2.81. The van der Waals surface area contributed by atoms with E-state index < -0.39 is 0 Å². The number of nitrogens with two attached hydrogens (primary N) is 1. The Bertz CT molecular complexity index is 453. The molecule has 6 heteroatoms. The Morgan fingerprint density at radius 3 is 3.17 bits per heavy atom. The topological polar surface area (TPSA) is 68.5 Å². The molecule has 1 unspecified atom stereocenters. The molecule has 1 aliphatic heterocycles. The van der Waals surface area contributed by atoms with Crippen molar-refractivity contribution in [3.05, 3.63) is 22.8 Å². The number of rotatable bonds is 1. The Labute approximate surface area is 111 Å². The highest BCUT2D eigenvalue weighted by atomic mass is 35.5. The standard InChI is InChI=1S/C12H16ClN3O2/c1-8-7-16(5-2-6-18-8)12(17)11-9(13)3-4-10(14)15-11/h3-4,8H,2,5-7H2,1H3,(H2,14,15). The summed E-state index contributed by atoms with van der Waals surface area (Å²) in [5.41, 5.74) is 5.80. The molecule has 1 fully saturated rings. The lowest BCUT2D eigenvalue weighted by Gasteiger charge is -2.22. The first-order valence-electron chi connectivity index (χ1n) is 5.91. The van der Waals surface area contributed by atoms with Gasteiger partial charge < -0.3 is 15.4 Å². The maximum Gasteiger partial charge on any atom is 0.274 e. The largest absolute Gasteiger partial charge is 0.384 e. The Morgan fingerprint density at radius 2 is 2.39 bits per heavy atom. The van der Waals surface area contributed by atoms with Crippen LogP contribution >= 0.6 is 11.6 Å². The van der Waals surface area contributed by atoms with Gasteiger partial charge in [0.15, 0.2) is 0 Å². The summed E-state index contributed by atoms with van der Waals surface area (Å²) in [6.07, 6.45) is 0.840. The average molecular weight is 270 g/mol. The van der Waals surface area contributed by atoms with Gasteiger partial charge in [0.05, 0.1) is 11.1 Å². The van der Waals surface area contributed by atoms with E-state index in [0.717, 1.165) is 6.42 Å². The second-order valence-corrected chi connectivity index (χ2v) is 4.76. The summed E-state index contributed by atoms with van der Waals surface area (Å²) in [5.74, 6) is 0.103. The summed E-state index contributed by atoms with van der Waals surface area (Å²) in [4.78, 5) is 18.1. The molecule has 0 saturated carbocycles. The molecule has 0 aliphatic carbocycles. The first-order valence-corrected chi connectivity index (χ1v) is 6.28. The van der Waals surface area contributed by atoms with E-state index in [1.807, 2.05) is 6.92 Å². The third-order valence-corrected chi connectivity index (χ3v) is 3.11. The van der Waals surface area contributed by atoms with Crippen LogP contribution in [0.5, 0.6) is 0 Å². The van der Waals surface area contributed by atoms with Crippen LogP contribution in [0.25, 0.3) is 0 Å². The summed E-state index contributed by atoms with van der Waals surface area (Å²) in [6, 6.07) is 3.17. The second-order valence-electron chi connectivity index (χ2n) is 4.35. The van der Waals surface area contributed by atoms with Gasteiger partial charge in [0.1, 0.15) is 11.5 Å². The zero-order valence-electron chi connectivity index (χ0n) is 10.2. The molecule has 0 spiro atoms. The van der Waals surface area contributed by atoms with Gasteiger partial charge in [-0.3, -0.25) is 4.79 Å². The number of hydrogen-bond donors (Lipinski definition) is 1. The molecule has 0 bridgehead atoms. The highest BCUT2D eigenvalue weighted by Gasteiger charge is 2.23. The van der Waals surface area contributed by atoms with Gasteiger partial charge in [-0.05, 0) is 25.5 Å². The van der Waals surface area contributed by atoms with Crippen molar-refractivity contribution in [1.29, 1.82) is 0 Å². The fourth-order valence-corrected chi connectivity index (χ4v) is 2.12. The molecule has 0 aromatic carbocycles. The molecule has 2 heterocycles. The number of anilines is 1. The van der Waals surface area contributed by atoms with Crippen LogP contribution in [0.15, 0.2) is 12.1 Å². The van der Waals surface area contributed by atoms with Crippen LogP contribution in [0.4, 0.5) is 5.82 Å². The number of halogens is 1. The van der Waals surface area contributed by atoms with Crippen LogP contribution in [-0.4, -0.2) is 41.6 Å². The highest BCUT2D eigenvalue weighted by Crippen LogP contribution is 2.18. The van der Waals surface area contributed by atoms with Crippen molar-refractivity contribution in [3.8, 4) is 0 Å². The Hall–Kier alpha value is -1.33.